The summed E-state index contributed by atoms with van der Waals surface area (Å²) in [6.07, 6.45) is 2.17. The normalized spacial score (nSPS) is 23.4. The molecule has 1 saturated heterocycles. The largest absolute Gasteiger partial charge is 0.496 e. The second-order valence-corrected chi connectivity index (χ2v) is 5.39. The average molecular weight is 249 g/mol. The average Bonchev–Trinajstić information content (AvgIpc) is 2.39. The lowest BCUT2D eigenvalue weighted by molar-refractivity contribution is -0.0174. The van der Waals surface area contributed by atoms with Crippen LogP contribution in [-0.4, -0.2) is 25.3 Å². The minimum Gasteiger partial charge on any atom is -0.496 e. The van der Waals surface area contributed by atoms with Crippen molar-refractivity contribution in [3.8, 4) is 5.75 Å². The quantitative estimate of drug-likeness (QED) is 0.863. The molecule has 1 aliphatic heterocycles. The first kappa shape index (κ1) is 13.4. The van der Waals surface area contributed by atoms with Gasteiger partial charge in [0.2, 0.25) is 0 Å². The molecule has 0 amide bonds. The molecular weight excluding hydrogens is 226 g/mol. The molecule has 0 radical (unpaired) electrons. The number of benzene rings is 1. The summed E-state index contributed by atoms with van der Waals surface area (Å²) in [5, 5.41) is 14.3. The SMILES string of the molecule is COc1ccc(C)cc1C(C)(O)C1CCCNC1. The van der Waals surface area contributed by atoms with E-state index in [4.69, 9.17) is 4.74 Å². The molecule has 18 heavy (non-hydrogen) atoms. The van der Waals surface area contributed by atoms with E-state index in [1.54, 1.807) is 7.11 Å². The highest BCUT2D eigenvalue weighted by molar-refractivity contribution is 5.41. The van der Waals surface area contributed by atoms with E-state index in [9.17, 15) is 5.11 Å². The van der Waals surface area contributed by atoms with Crippen LogP contribution in [0.15, 0.2) is 18.2 Å². The maximum absolute atomic E-state index is 10.9. The Kier molecular flexibility index (Phi) is 3.93. The summed E-state index contributed by atoms with van der Waals surface area (Å²) in [6.45, 7) is 5.86. The van der Waals surface area contributed by atoms with E-state index in [2.05, 4.69) is 5.32 Å². The topological polar surface area (TPSA) is 41.5 Å². The summed E-state index contributed by atoms with van der Waals surface area (Å²) < 4.78 is 5.40. The first-order valence-corrected chi connectivity index (χ1v) is 6.64. The van der Waals surface area contributed by atoms with Crippen molar-refractivity contribution < 1.29 is 9.84 Å². The fourth-order valence-corrected chi connectivity index (χ4v) is 2.77. The fourth-order valence-electron chi connectivity index (χ4n) is 2.77. The number of piperidine rings is 1. The van der Waals surface area contributed by atoms with Crippen molar-refractivity contribution >= 4 is 0 Å². The molecule has 0 aromatic heterocycles. The molecule has 3 nitrogen and oxygen atoms in total. The number of rotatable bonds is 3. The standard InChI is InChI=1S/C15H23NO2/c1-11-6-7-14(18-3)13(9-11)15(2,17)12-5-4-8-16-10-12/h6-7,9,12,16-17H,4-5,8,10H2,1-3H3. The lowest BCUT2D eigenvalue weighted by atomic mass is 9.78. The van der Waals surface area contributed by atoms with Gasteiger partial charge in [-0.1, -0.05) is 11.6 Å². The minimum absolute atomic E-state index is 0.238. The molecule has 2 rings (SSSR count). The van der Waals surface area contributed by atoms with Gasteiger partial charge in [-0.3, -0.25) is 0 Å². The maximum atomic E-state index is 10.9. The second kappa shape index (κ2) is 5.29. The predicted molar refractivity (Wildman–Crippen MR) is 72.9 cm³/mol. The number of aliphatic hydroxyl groups is 1. The molecule has 0 spiro atoms. The Morgan fingerprint density at radius 3 is 2.83 bits per heavy atom. The Morgan fingerprint density at radius 1 is 1.44 bits per heavy atom. The third-order valence-electron chi connectivity index (χ3n) is 3.99. The number of ether oxygens (including phenoxy) is 1. The fraction of sp³-hybridized carbons (Fsp3) is 0.600. The van der Waals surface area contributed by atoms with Crippen molar-refractivity contribution in [3.63, 3.8) is 0 Å². The molecule has 2 N–H and O–H groups in total. The van der Waals surface area contributed by atoms with Crippen LogP contribution in [0.3, 0.4) is 0 Å². The molecule has 2 unspecified atom stereocenters. The van der Waals surface area contributed by atoms with Crippen molar-refractivity contribution in [2.75, 3.05) is 20.2 Å². The summed E-state index contributed by atoms with van der Waals surface area (Å²) in [7, 11) is 1.66. The highest BCUT2D eigenvalue weighted by atomic mass is 16.5. The Balaban J connectivity index is 2.35. The van der Waals surface area contributed by atoms with Crippen molar-refractivity contribution in [1.82, 2.24) is 5.32 Å². The van der Waals surface area contributed by atoms with Gasteiger partial charge >= 0.3 is 0 Å². The number of nitrogens with one attached hydrogen (secondary N) is 1. The van der Waals surface area contributed by atoms with Crippen molar-refractivity contribution in [1.29, 1.82) is 0 Å². The van der Waals surface area contributed by atoms with Gasteiger partial charge < -0.3 is 15.2 Å². The monoisotopic (exact) mass is 249 g/mol. The van der Waals surface area contributed by atoms with Crippen LogP contribution < -0.4 is 10.1 Å². The van der Waals surface area contributed by atoms with Crippen LogP contribution in [0.5, 0.6) is 5.75 Å². The number of hydrogen-bond donors (Lipinski definition) is 2. The molecule has 3 heteroatoms. The summed E-state index contributed by atoms with van der Waals surface area (Å²) in [4.78, 5) is 0. The molecule has 0 saturated carbocycles. The van der Waals surface area contributed by atoms with E-state index in [-0.39, 0.29) is 5.92 Å². The molecule has 0 aliphatic carbocycles. The van der Waals surface area contributed by atoms with Gasteiger partial charge in [-0.2, -0.15) is 0 Å². The highest BCUT2D eigenvalue weighted by Crippen LogP contribution is 2.38. The molecule has 1 aromatic carbocycles. The number of methoxy groups -OCH3 is 1. The number of hydrogen-bond acceptors (Lipinski definition) is 3. The summed E-state index contributed by atoms with van der Waals surface area (Å²) >= 11 is 0. The van der Waals surface area contributed by atoms with Crippen molar-refractivity contribution in [2.45, 2.75) is 32.3 Å². The zero-order valence-corrected chi connectivity index (χ0v) is 11.5. The summed E-state index contributed by atoms with van der Waals surface area (Å²) in [5.41, 5.74) is 1.21. The van der Waals surface area contributed by atoms with E-state index in [1.165, 1.54) is 0 Å². The van der Waals surface area contributed by atoms with Gasteiger partial charge in [0.1, 0.15) is 5.75 Å². The highest BCUT2D eigenvalue weighted by Gasteiger charge is 2.36. The first-order valence-electron chi connectivity index (χ1n) is 6.64. The molecule has 1 aromatic rings. The second-order valence-electron chi connectivity index (χ2n) is 5.39. The van der Waals surface area contributed by atoms with Gasteiger partial charge in [0.05, 0.1) is 12.7 Å². The van der Waals surface area contributed by atoms with E-state index in [0.717, 1.165) is 42.8 Å². The molecule has 2 atom stereocenters. The third kappa shape index (κ3) is 2.52. The van der Waals surface area contributed by atoms with Crippen LogP contribution in [-0.2, 0) is 5.60 Å². The van der Waals surface area contributed by atoms with Crippen LogP contribution in [0.1, 0.15) is 30.9 Å². The zero-order valence-electron chi connectivity index (χ0n) is 11.5. The molecule has 1 fully saturated rings. The Bertz CT molecular complexity index is 409. The van der Waals surface area contributed by atoms with Crippen molar-refractivity contribution in [2.24, 2.45) is 5.92 Å². The molecular formula is C15H23NO2. The van der Waals surface area contributed by atoms with Crippen LogP contribution in [0.2, 0.25) is 0 Å². The van der Waals surface area contributed by atoms with Crippen molar-refractivity contribution in [3.05, 3.63) is 29.3 Å². The predicted octanol–water partition coefficient (Wildman–Crippen LogP) is 2.21. The molecule has 1 aliphatic rings. The van der Waals surface area contributed by atoms with Gasteiger partial charge in [0, 0.05) is 18.0 Å². The van der Waals surface area contributed by atoms with Gasteiger partial charge in [-0.15, -0.1) is 0 Å². The van der Waals surface area contributed by atoms with Crippen LogP contribution in [0, 0.1) is 12.8 Å². The zero-order chi connectivity index (χ0) is 13.2. The molecule has 0 bridgehead atoms. The van der Waals surface area contributed by atoms with Gasteiger partial charge in [0.25, 0.3) is 0 Å². The molecule has 100 valence electrons. The minimum atomic E-state index is -0.842. The maximum Gasteiger partial charge on any atom is 0.124 e. The van der Waals surface area contributed by atoms with E-state index in [0.29, 0.717) is 0 Å². The summed E-state index contributed by atoms with van der Waals surface area (Å²) in [5.74, 6) is 1.01. The Hall–Kier alpha value is -1.06. The Morgan fingerprint density at radius 2 is 2.22 bits per heavy atom. The summed E-state index contributed by atoms with van der Waals surface area (Å²) in [6, 6.07) is 5.99. The first-order chi connectivity index (χ1) is 8.55. The lowest BCUT2D eigenvalue weighted by Crippen LogP contribution is -2.42. The van der Waals surface area contributed by atoms with E-state index >= 15 is 0 Å². The van der Waals surface area contributed by atoms with E-state index in [1.807, 2.05) is 32.0 Å². The lowest BCUT2D eigenvalue weighted by Gasteiger charge is -2.37. The van der Waals surface area contributed by atoms with Gasteiger partial charge in [-0.25, -0.2) is 0 Å². The van der Waals surface area contributed by atoms with Gasteiger partial charge in [-0.05, 0) is 45.4 Å². The van der Waals surface area contributed by atoms with Gasteiger partial charge in [0.15, 0.2) is 0 Å². The molecule has 1 heterocycles. The third-order valence-corrected chi connectivity index (χ3v) is 3.99. The van der Waals surface area contributed by atoms with Crippen LogP contribution in [0.4, 0.5) is 0 Å². The van der Waals surface area contributed by atoms with Crippen LogP contribution in [0.25, 0.3) is 0 Å². The van der Waals surface area contributed by atoms with E-state index < -0.39 is 5.60 Å². The Labute approximate surface area is 109 Å². The number of aryl methyl sites for hydroxylation is 1. The van der Waals surface area contributed by atoms with Crippen LogP contribution >= 0.6 is 0 Å². The smallest absolute Gasteiger partial charge is 0.124 e.